The van der Waals surface area contributed by atoms with Crippen LogP contribution in [0, 0.1) is 0 Å². The van der Waals surface area contributed by atoms with Gasteiger partial charge in [-0.2, -0.15) is 0 Å². The van der Waals surface area contributed by atoms with Gasteiger partial charge in [-0.15, -0.1) is 0 Å². The summed E-state index contributed by atoms with van der Waals surface area (Å²) in [7, 11) is 0. The third-order valence-electron chi connectivity index (χ3n) is 2.45. The number of rotatable bonds is 1. The third-order valence-corrected chi connectivity index (χ3v) is 2.89. The van der Waals surface area contributed by atoms with Gasteiger partial charge in [0.1, 0.15) is 4.60 Å². The van der Waals surface area contributed by atoms with Crippen molar-refractivity contribution < 1.29 is 0 Å². The zero-order chi connectivity index (χ0) is 9.10. The van der Waals surface area contributed by atoms with Crippen molar-refractivity contribution in [3.8, 4) is 0 Å². The van der Waals surface area contributed by atoms with E-state index in [0.29, 0.717) is 5.92 Å². The van der Waals surface area contributed by atoms with Gasteiger partial charge in [0.25, 0.3) is 0 Å². The summed E-state index contributed by atoms with van der Waals surface area (Å²) in [5, 5.41) is 3.40. The van der Waals surface area contributed by atoms with Crippen molar-refractivity contribution >= 4 is 15.9 Å². The van der Waals surface area contributed by atoms with Gasteiger partial charge in [-0.1, -0.05) is 6.07 Å². The summed E-state index contributed by atoms with van der Waals surface area (Å²) in [6.45, 7) is 2.23. The Morgan fingerprint density at radius 1 is 1.46 bits per heavy atom. The van der Waals surface area contributed by atoms with Crippen LogP contribution < -0.4 is 5.32 Å². The van der Waals surface area contributed by atoms with E-state index < -0.39 is 0 Å². The van der Waals surface area contributed by atoms with Gasteiger partial charge in [0.05, 0.1) is 0 Å². The number of halogens is 1. The molecule has 1 aromatic heterocycles. The first-order valence-electron chi connectivity index (χ1n) is 4.69. The fourth-order valence-corrected chi connectivity index (χ4v) is 2.11. The zero-order valence-electron chi connectivity index (χ0n) is 7.46. The standard InChI is InChI=1S/C10H13BrN2/c11-10-5-1-4-9(13-10)8-3-2-6-12-7-8/h1,4-5,8,12H,2-3,6-7H2/t8-/m1/s1. The molecular formula is C10H13BrN2. The van der Waals surface area contributed by atoms with Crippen LogP contribution in [0.3, 0.4) is 0 Å². The lowest BCUT2D eigenvalue weighted by molar-refractivity contribution is 0.454. The molecule has 1 saturated heterocycles. The molecule has 0 saturated carbocycles. The van der Waals surface area contributed by atoms with Gasteiger partial charge in [0.15, 0.2) is 0 Å². The molecule has 2 heterocycles. The fourth-order valence-electron chi connectivity index (χ4n) is 1.76. The number of piperidine rings is 1. The number of hydrogen-bond donors (Lipinski definition) is 1. The van der Waals surface area contributed by atoms with Crippen molar-refractivity contribution in [2.75, 3.05) is 13.1 Å². The number of nitrogens with one attached hydrogen (secondary N) is 1. The fraction of sp³-hybridized carbons (Fsp3) is 0.500. The highest BCUT2D eigenvalue weighted by molar-refractivity contribution is 9.10. The molecule has 13 heavy (non-hydrogen) atoms. The van der Waals surface area contributed by atoms with Gasteiger partial charge in [-0.25, -0.2) is 4.98 Å². The average molecular weight is 241 g/mol. The molecule has 0 radical (unpaired) electrons. The number of pyridine rings is 1. The van der Waals surface area contributed by atoms with Crippen LogP contribution in [-0.2, 0) is 0 Å². The highest BCUT2D eigenvalue weighted by Gasteiger charge is 2.15. The summed E-state index contributed by atoms with van der Waals surface area (Å²) in [6.07, 6.45) is 2.52. The molecule has 1 aliphatic heterocycles. The van der Waals surface area contributed by atoms with E-state index in [0.717, 1.165) is 17.7 Å². The Labute approximate surface area is 86.9 Å². The van der Waals surface area contributed by atoms with Crippen LogP contribution in [0.5, 0.6) is 0 Å². The lowest BCUT2D eigenvalue weighted by Gasteiger charge is -2.22. The molecule has 2 nitrogen and oxygen atoms in total. The molecule has 0 spiro atoms. The van der Waals surface area contributed by atoms with Gasteiger partial charge in [-0.05, 0) is 47.4 Å². The van der Waals surface area contributed by atoms with E-state index in [4.69, 9.17) is 0 Å². The van der Waals surface area contributed by atoms with Crippen LogP contribution in [0.1, 0.15) is 24.5 Å². The molecule has 70 valence electrons. The van der Waals surface area contributed by atoms with E-state index in [1.54, 1.807) is 0 Å². The normalized spacial score (nSPS) is 23.0. The Morgan fingerprint density at radius 2 is 2.38 bits per heavy atom. The maximum atomic E-state index is 4.47. The molecule has 2 rings (SSSR count). The first-order chi connectivity index (χ1) is 6.36. The second-order valence-electron chi connectivity index (χ2n) is 3.43. The number of nitrogens with zero attached hydrogens (tertiary/aromatic N) is 1. The van der Waals surface area contributed by atoms with E-state index in [1.807, 2.05) is 6.07 Å². The maximum Gasteiger partial charge on any atom is 0.106 e. The summed E-state index contributed by atoms with van der Waals surface area (Å²) in [5.74, 6) is 0.603. The smallest absolute Gasteiger partial charge is 0.106 e. The van der Waals surface area contributed by atoms with E-state index in [9.17, 15) is 0 Å². The summed E-state index contributed by atoms with van der Waals surface area (Å²) in [6, 6.07) is 6.14. The van der Waals surface area contributed by atoms with Crippen LogP contribution in [0.15, 0.2) is 22.8 Å². The minimum absolute atomic E-state index is 0.603. The van der Waals surface area contributed by atoms with Crippen molar-refractivity contribution in [2.45, 2.75) is 18.8 Å². The molecule has 0 amide bonds. The van der Waals surface area contributed by atoms with Crippen molar-refractivity contribution in [2.24, 2.45) is 0 Å². The number of hydrogen-bond acceptors (Lipinski definition) is 2. The molecule has 1 atom stereocenters. The molecule has 0 aromatic carbocycles. The molecule has 1 N–H and O–H groups in total. The molecule has 3 heteroatoms. The maximum absolute atomic E-state index is 4.47. The highest BCUT2D eigenvalue weighted by Crippen LogP contribution is 2.22. The summed E-state index contributed by atoms with van der Waals surface area (Å²) < 4.78 is 0.940. The lowest BCUT2D eigenvalue weighted by atomic mass is 9.96. The van der Waals surface area contributed by atoms with Crippen LogP contribution >= 0.6 is 15.9 Å². The Balaban J connectivity index is 2.14. The monoisotopic (exact) mass is 240 g/mol. The SMILES string of the molecule is Brc1cccc([C@@H]2CCCNC2)n1. The van der Waals surface area contributed by atoms with Gasteiger partial charge >= 0.3 is 0 Å². The molecule has 1 aliphatic rings. The van der Waals surface area contributed by atoms with E-state index in [2.05, 4.69) is 38.4 Å². The van der Waals surface area contributed by atoms with Gasteiger partial charge in [0.2, 0.25) is 0 Å². The van der Waals surface area contributed by atoms with E-state index >= 15 is 0 Å². The second kappa shape index (κ2) is 4.20. The van der Waals surface area contributed by atoms with Crippen LogP contribution in [0.2, 0.25) is 0 Å². The molecule has 1 aromatic rings. The molecule has 0 bridgehead atoms. The minimum atomic E-state index is 0.603. The van der Waals surface area contributed by atoms with Crippen molar-refractivity contribution in [1.29, 1.82) is 0 Å². The number of aromatic nitrogens is 1. The third kappa shape index (κ3) is 2.29. The predicted molar refractivity (Wildman–Crippen MR) is 56.8 cm³/mol. The van der Waals surface area contributed by atoms with Gasteiger partial charge in [0, 0.05) is 18.2 Å². The Kier molecular flexibility index (Phi) is 2.96. The predicted octanol–water partition coefficient (Wildman–Crippen LogP) is 2.31. The van der Waals surface area contributed by atoms with E-state index in [-0.39, 0.29) is 0 Å². The lowest BCUT2D eigenvalue weighted by Crippen LogP contribution is -2.28. The molecular weight excluding hydrogens is 228 g/mol. The Bertz CT molecular complexity index is 282. The summed E-state index contributed by atoms with van der Waals surface area (Å²) in [5.41, 5.74) is 1.21. The quantitative estimate of drug-likeness (QED) is 0.763. The van der Waals surface area contributed by atoms with Crippen molar-refractivity contribution in [3.63, 3.8) is 0 Å². The minimum Gasteiger partial charge on any atom is -0.316 e. The summed E-state index contributed by atoms with van der Waals surface area (Å²) in [4.78, 5) is 4.47. The van der Waals surface area contributed by atoms with Crippen LogP contribution in [-0.4, -0.2) is 18.1 Å². The largest absolute Gasteiger partial charge is 0.316 e. The van der Waals surface area contributed by atoms with Gasteiger partial charge in [-0.3, -0.25) is 0 Å². The first kappa shape index (κ1) is 9.16. The van der Waals surface area contributed by atoms with Crippen molar-refractivity contribution in [1.82, 2.24) is 10.3 Å². The molecule has 0 aliphatic carbocycles. The van der Waals surface area contributed by atoms with Crippen LogP contribution in [0.4, 0.5) is 0 Å². The first-order valence-corrected chi connectivity index (χ1v) is 5.49. The van der Waals surface area contributed by atoms with Gasteiger partial charge < -0.3 is 5.32 Å². The van der Waals surface area contributed by atoms with Crippen molar-refractivity contribution in [3.05, 3.63) is 28.5 Å². The molecule has 0 unspecified atom stereocenters. The average Bonchev–Trinajstić information content (AvgIpc) is 2.19. The Morgan fingerprint density at radius 3 is 3.08 bits per heavy atom. The summed E-state index contributed by atoms with van der Waals surface area (Å²) >= 11 is 3.40. The Hall–Kier alpha value is -0.410. The highest BCUT2D eigenvalue weighted by atomic mass is 79.9. The second-order valence-corrected chi connectivity index (χ2v) is 4.24. The van der Waals surface area contributed by atoms with E-state index in [1.165, 1.54) is 18.5 Å². The zero-order valence-corrected chi connectivity index (χ0v) is 9.05. The molecule has 1 fully saturated rings. The van der Waals surface area contributed by atoms with Crippen LogP contribution in [0.25, 0.3) is 0 Å². The topological polar surface area (TPSA) is 24.9 Å².